The summed E-state index contributed by atoms with van der Waals surface area (Å²) in [4.78, 5) is 8.62. The number of rotatable bonds is 3. The van der Waals surface area contributed by atoms with Crippen molar-refractivity contribution in [3.63, 3.8) is 0 Å². The molecule has 5 heteroatoms. The predicted octanol–water partition coefficient (Wildman–Crippen LogP) is 2.04. The van der Waals surface area contributed by atoms with E-state index in [0.29, 0.717) is 5.92 Å². The van der Waals surface area contributed by atoms with Crippen molar-refractivity contribution in [3.05, 3.63) is 24.2 Å². The van der Waals surface area contributed by atoms with E-state index in [4.69, 9.17) is 0 Å². The zero-order chi connectivity index (χ0) is 12.4. The molecule has 2 rings (SSSR count). The van der Waals surface area contributed by atoms with Gasteiger partial charge < -0.3 is 5.32 Å². The van der Waals surface area contributed by atoms with Crippen LogP contribution >= 0.6 is 0 Å². The Morgan fingerprint density at radius 2 is 2.06 bits per heavy atom. The third-order valence-corrected chi connectivity index (χ3v) is 2.65. The summed E-state index contributed by atoms with van der Waals surface area (Å²) >= 11 is 0. The Morgan fingerprint density at radius 3 is 2.59 bits per heavy atom. The zero-order valence-corrected chi connectivity index (χ0v) is 10.6. The van der Waals surface area contributed by atoms with Gasteiger partial charge in [0.25, 0.3) is 0 Å². The van der Waals surface area contributed by atoms with Crippen LogP contribution in [0.25, 0.3) is 11.4 Å². The van der Waals surface area contributed by atoms with Crippen LogP contribution in [-0.2, 0) is 7.05 Å². The van der Waals surface area contributed by atoms with Crippen LogP contribution in [0.5, 0.6) is 0 Å². The van der Waals surface area contributed by atoms with Crippen molar-refractivity contribution in [2.45, 2.75) is 19.8 Å². The molecule has 0 atom stereocenters. The first kappa shape index (κ1) is 11.6. The fraction of sp³-hybridized carbons (Fsp3) is 0.417. The van der Waals surface area contributed by atoms with E-state index in [-0.39, 0.29) is 0 Å². The topological polar surface area (TPSA) is 55.6 Å². The lowest BCUT2D eigenvalue weighted by Crippen LogP contribution is -2.05. The molecule has 1 N–H and O–H groups in total. The van der Waals surface area contributed by atoms with Gasteiger partial charge >= 0.3 is 0 Å². The quantitative estimate of drug-likeness (QED) is 0.878. The van der Waals surface area contributed by atoms with Gasteiger partial charge in [-0.3, -0.25) is 4.68 Å². The fourth-order valence-electron chi connectivity index (χ4n) is 1.89. The minimum Gasteiger partial charge on any atom is -0.373 e. The van der Waals surface area contributed by atoms with Gasteiger partial charge in [0.05, 0.1) is 5.69 Å². The summed E-state index contributed by atoms with van der Waals surface area (Å²) in [5.41, 5.74) is 2.89. The Labute approximate surface area is 101 Å². The average molecular weight is 231 g/mol. The van der Waals surface area contributed by atoms with Crippen LogP contribution < -0.4 is 5.32 Å². The van der Waals surface area contributed by atoms with Crippen LogP contribution in [0.2, 0.25) is 0 Å². The summed E-state index contributed by atoms with van der Waals surface area (Å²) in [5, 5.41) is 7.51. The van der Waals surface area contributed by atoms with Crippen molar-refractivity contribution in [2.24, 2.45) is 7.05 Å². The Morgan fingerprint density at radius 1 is 1.29 bits per heavy atom. The molecule has 0 aliphatic heterocycles. The van der Waals surface area contributed by atoms with Crippen molar-refractivity contribution in [3.8, 4) is 11.4 Å². The largest absolute Gasteiger partial charge is 0.373 e. The maximum Gasteiger partial charge on any atom is 0.133 e. The highest BCUT2D eigenvalue weighted by Crippen LogP contribution is 2.30. The van der Waals surface area contributed by atoms with Gasteiger partial charge in [-0.15, -0.1) is 0 Å². The first-order valence-corrected chi connectivity index (χ1v) is 5.66. The van der Waals surface area contributed by atoms with Crippen molar-refractivity contribution >= 4 is 5.82 Å². The Kier molecular flexibility index (Phi) is 3.08. The Bertz CT molecular complexity index is 515. The molecule has 0 aromatic carbocycles. The van der Waals surface area contributed by atoms with Gasteiger partial charge in [-0.25, -0.2) is 9.97 Å². The molecule has 90 valence electrons. The molecule has 0 unspecified atom stereocenters. The van der Waals surface area contributed by atoms with Crippen molar-refractivity contribution in [1.82, 2.24) is 19.7 Å². The number of anilines is 1. The molecule has 0 aliphatic rings. The average Bonchev–Trinajstić information content (AvgIpc) is 2.74. The third-order valence-electron chi connectivity index (χ3n) is 2.65. The molecule has 5 nitrogen and oxygen atoms in total. The molecular weight excluding hydrogens is 214 g/mol. The second kappa shape index (κ2) is 4.53. The SMILES string of the molecule is CNc1ncnc(-c2ccn(C)n2)c1C(C)C. The first-order chi connectivity index (χ1) is 8.13. The lowest BCUT2D eigenvalue weighted by atomic mass is 10.0. The molecule has 0 saturated carbocycles. The van der Waals surface area contributed by atoms with E-state index in [0.717, 1.165) is 22.8 Å². The minimum atomic E-state index is 0.343. The summed E-state index contributed by atoms with van der Waals surface area (Å²) < 4.78 is 1.78. The van der Waals surface area contributed by atoms with Crippen LogP contribution in [0.15, 0.2) is 18.6 Å². The monoisotopic (exact) mass is 231 g/mol. The second-order valence-electron chi connectivity index (χ2n) is 4.26. The van der Waals surface area contributed by atoms with Crippen LogP contribution in [0.4, 0.5) is 5.82 Å². The highest BCUT2D eigenvalue weighted by Gasteiger charge is 2.16. The molecule has 0 radical (unpaired) electrons. The summed E-state index contributed by atoms with van der Waals surface area (Å²) in [7, 11) is 3.77. The molecule has 0 fully saturated rings. The maximum atomic E-state index is 4.40. The van der Waals surface area contributed by atoms with E-state index in [9.17, 15) is 0 Å². The van der Waals surface area contributed by atoms with Crippen molar-refractivity contribution in [1.29, 1.82) is 0 Å². The summed E-state index contributed by atoms with van der Waals surface area (Å²) in [6.07, 6.45) is 3.49. The standard InChI is InChI=1S/C12H17N5/c1-8(2)10-11(9-5-6-17(4)16-9)14-7-15-12(10)13-3/h5-8H,1-4H3,(H,13,14,15). The number of nitrogens with one attached hydrogen (secondary N) is 1. The van der Waals surface area contributed by atoms with E-state index in [1.807, 2.05) is 26.4 Å². The molecular formula is C12H17N5. The normalized spacial score (nSPS) is 10.9. The number of aromatic nitrogens is 4. The van der Waals surface area contributed by atoms with Crippen LogP contribution in [0.3, 0.4) is 0 Å². The van der Waals surface area contributed by atoms with E-state index in [1.165, 1.54) is 0 Å². The smallest absolute Gasteiger partial charge is 0.133 e. The summed E-state index contributed by atoms with van der Waals surface area (Å²) in [6.45, 7) is 4.26. The highest BCUT2D eigenvalue weighted by atomic mass is 15.3. The number of nitrogens with zero attached hydrogens (tertiary/aromatic N) is 4. The number of hydrogen-bond donors (Lipinski definition) is 1. The third kappa shape index (κ3) is 2.13. The molecule has 2 heterocycles. The van der Waals surface area contributed by atoms with Gasteiger partial charge in [0.1, 0.15) is 17.8 Å². The lowest BCUT2D eigenvalue weighted by molar-refractivity contribution is 0.767. The number of aryl methyl sites for hydroxylation is 1. The van der Waals surface area contributed by atoms with Crippen molar-refractivity contribution in [2.75, 3.05) is 12.4 Å². The van der Waals surface area contributed by atoms with Gasteiger partial charge in [-0.05, 0) is 12.0 Å². The minimum absolute atomic E-state index is 0.343. The fourth-order valence-corrected chi connectivity index (χ4v) is 1.89. The molecule has 0 amide bonds. The summed E-state index contributed by atoms with van der Waals surface area (Å²) in [6, 6.07) is 1.97. The molecule has 17 heavy (non-hydrogen) atoms. The van der Waals surface area contributed by atoms with Gasteiger partial charge in [-0.2, -0.15) is 5.10 Å². The van der Waals surface area contributed by atoms with E-state index in [2.05, 4.69) is 34.2 Å². The van der Waals surface area contributed by atoms with E-state index in [1.54, 1.807) is 11.0 Å². The zero-order valence-electron chi connectivity index (χ0n) is 10.6. The molecule has 2 aromatic rings. The first-order valence-electron chi connectivity index (χ1n) is 5.66. The number of hydrogen-bond acceptors (Lipinski definition) is 4. The van der Waals surface area contributed by atoms with Gasteiger partial charge in [0.15, 0.2) is 0 Å². The van der Waals surface area contributed by atoms with Gasteiger partial charge in [0.2, 0.25) is 0 Å². The molecule has 0 spiro atoms. The summed E-state index contributed by atoms with van der Waals surface area (Å²) in [5.74, 6) is 1.21. The lowest BCUT2D eigenvalue weighted by Gasteiger charge is -2.14. The van der Waals surface area contributed by atoms with Crippen LogP contribution in [0, 0.1) is 0 Å². The second-order valence-corrected chi connectivity index (χ2v) is 4.26. The Balaban J connectivity index is 2.60. The predicted molar refractivity (Wildman–Crippen MR) is 67.9 cm³/mol. The van der Waals surface area contributed by atoms with Crippen molar-refractivity contribution < 1.29 is 0 Å². The maximum absolute atomic E-state index is 4.40. The molecule has 0 bridgehead atoms. The van der Waals surface area contributed by atoms with Gasteiger partial charge in [-0.1, -0.05) is 13.8 Å². The van der Waals surface area contributed by atoms with Crippen LogP contribution in [-0.4, -0.2) is 26.8 Å². The van der Waals surface area contributed by atoms with Gasteiger partial charge in [0, 0.05) is 25.9 Å². The highest BCUT2D eigenvalue weighted by molar-refractivity contribution is 5.66. The van der Waals surface area contributed by atoms with E-state index < -0.39 is 0 Å². The molecule has 0 saturated heterocycles. The molecule has 2 aromatic heterocycles. The van der Waals surface area contributed by atoms with E-state index >= 15 is 0 Å². The Hall–Kier alpha value is -1.91. The van der Waals surface area contributed by atoms with Crippen LogP contribution in [0.1, 0.15) is 25.3 Å². The molecule has 0 aliphatic carbocycles.